The summed E-state index contributed by atoms with van der Waals surface area (Å²) in [6.45, 7) is 7.85. The predicted molar refractivity (Wildman–Crippen MR) is 160 cm³/mol. The number of halogens is 1. The molecule has 0 aliphatic heterocycles. The van der Waals surface area contributed by atoms with E-state index in [0.717, 1.165) is 4.57 Å². The van der Waals surface area contributed by atoms with Crippen molar-refractivity contribution in [3.05, 3.63) is 74.4 Å². The fourth-order valence-electron chi connectivity index (χ4n) is 4.97. The van der Waals surface area contributed by atoms with Gasteiger partial charge in [-0.2, -0.15) is 5.10 Å². The third-order valence-electron chi connectivity index (χ3n) is 7.09. The summed E-state index contributed by atoms with van der Waals surface area (Å²) in [5, 5.41) is 5.31. The van der Waals surface area contributed by atoms with Gasteiger partial charge < -0.3 is 14.2 Å². The van der Waals surface area contributed by atoms with Crippen LogP contribution in [0.3, 0.4) is 0 Å². The maximum absolute atomic E-state index is 14.5. The minimum absolute atomic E-state index is 0.0567. The first-order chi connectivity index (χ1) is 20.1. The Hall–Kier alpha value is -3.61. The smallest absolute Gasteiger partial charge is 0.332 e. The SMILES string of the molecule is COCCCO[C@@H](Cn1c(=O)n([C@@H](C)C(=O)CC(C)C)c(=O)c2c(C)c(-n3cccn3)sc21)c1cc(F)ccc1OC. The first-order valence-corrected chi connectivity index (χ1v) is 14.7. The maximum atomic E-state index is 14.5. The van der Waals surface area contributed by atoms with E-state index in [1.807, 2.05) is 13.8 Å². The van der Waals surface area contributed by atoms with Crippen LogP contribution in [-0.2, 0) is 20.8 Å². The van der Waals surface area contributed by atoms with Crippen molar-refractivity contribution in [3.8, 4) is 10.8 Å². The van der Waals surface area contributed by atoms with Gasteiger partial charge in [0.15, 0.2) is 5.78 Å². The van der Waals surface area contributed by atoms with Crippen LogP contribution in [0.25, 0.3) is 15.2 Å². The lowest BCUT2D eigenvalue weighted by atomic mass is 10.0. The molecule has 2 atom stereocenters. The first kappa shape index (κ1) is 31.3. The highest BCUT2D eigenvalue weighted by Crippen LogP contribution is 2.34. The van der Waals surface area contributed by atoms with Crippen LogP contribution in [0.4, 0.5) is 4.39 Å². The van der Waals surface area contributed by atoms with E-state index in [1.54, 1.807) is 44.1 Å². The Morgan fingerprint density at radius 1 is 1.14 bits per heavy atom. The Balaban J connectivity index is 1.96. The molecule has 4 aromatic rings. The van der Waals surface area contributed by atoms with E-state index in [4.69, 9.17) is 14.2 Å². The van der Waals surface area contributed by atoms with Gasteiger partial charge in [-0.1, -0.05) is 25.2 Å². The molecule has 42 heavy (non-hydrogen) atoms. The van der Waals surface area contributed by atoms with Crippen LogP contribution < -0.4 is 16.0 Å². The zero-order chi connectivity index (χ0) is 30.6. The molecule has 226 valence electrons. The van der Waals surface area contributed by atoms with E-state index in [9.17, 15) is 18.8 Å². The molecule has 0 aliphatic carbocycles. The monoisotopic (exact) mass is 600 g/mol. The minimum atomic E-state index is -0.986. The largest absolute Gasteiger partial charge is 0.496 e. The Labute approximate surface area is 247 Å². The van der Waals surface area contributed by atoms with Gasteiger partial charge in [0.2, 0.25) is 0 Å². The Kier molecular flexibility index (Phi) is 10.1. The van der Waals surface area contributed by atoms with Crippen LogP contribution in [0.5, 0.6) is 5.75 Å². The summed E-state index contributed by atoms with van der Waals surface area (Å²) >= 11 is 1.24. The molecule has 0 fully saturated rings. The van der Waals surface area contributed by atoms with Crippen LogP contribution in [-0.4, -0.2) is 52.1 Å². The van der Waals surface area contributed by atoms with Gasteiger partial charge in [-0.05, 0) is 50.5 Å². The number of methoxy groups -OCH3 is 2. The third-order valence-corrected chi connectivity index (χ3v) is 8.40. The number of nitrogens with zero attached hydrogens (tertiary/aromatic N) is 4. The molecule has 0 aliphatic rings. The zero-order valence-electron chi connectivity index (χ0n) is 24.8. The van der Waals surface area contributed by atoms with Crippen molar-refractivity contribution in [1.82, 2.24) is 18.9 Å². The number of Topliss-reactive ketones (excluding diaryl/α,β-unsaturated/α-hetero) is 1. The molecule has 0 bridgehead atoms. The van der Waals surface area contributed by atoms with Crippen molar-refractivity contribution in [1.29, 1.82) is 0 Å². The van der Waals surface area contributed by atoms with Gasteiger partial charge in [0.05, 0.1) is 25.1 Å². The van der Waals surface area contributed by atoms with Crippen molar-refractivity contribution in [2.24, 2.45) is 5.92 Å². The fraction of sp³-hybridized carbons (Fsp3) is 0.467. The average Bonchev–Trinajstić information content (AvgIpc) is 3.60. The van der Waals surface area contributed by atoms with E-state index in [1.165, 1.54) is 41.2 Å². The quantitative estimate of drug-likeness (QED) is 0.191. The summed E-state index contributed by atoms with van der Waals surface area (Å²) in [4.78, 5) is 41.7. The van der Waals surface area contributed by atoms with Gasteiger partial charge >= 0.3 is 5.69 Å². The highest BCUT2D eigenvalue weighted by atomic mass is 32.1. The van der Waals surface area contributed by atoms with Crippen molar-refractivity contribution < 1.29 is 23.4 Å². The summed E-state index contributed by atoms with van der Waals surface area (Å²) in [5.41, 5.74) is -0.136. The van der Waals surface area contributed by atoms with Gasteiger partial charge in [-0.25, -0.2) is 18.4 Å². The average molecular weight is 601 g/mol. The van der Waals surface area contributed by atoms with E-state index in [-0.39, 0.29) is 31.3 Å². The van der Waals surface area contributed by atoms with Gasteiger partial charge in [-0.15, -0.1) is 0 Å². The predicted octanol–water partition coefficient (Wildman–Crippen LogP) is 4.84. The maximum Gasteiger partial charge on any atom is 0.332 e. The van der Waals surface area contributed by atoms with Crippen LogP contribution in [0.2, 0.25) is 0 Å². The van der Waals surface area contributed by atoms with Crippen molar-refractivity contribution >= 4 is 27.3 Å². The summed E-state index contributed by atoms with van der Waals surface area (Å²) in [7, 11) is 3.06. The lowest BCUT2D eigenvalue weighted by Crippen LogP contribution is -2.44. The number of rotatable bonds is 14. The molecule has 0 N–H and O–H groups in total. The van der Waals surface area contributed by atoms with Crippen molar-refractivity contribution in [2.75, 3.05) is 27.4 Å². The summed E-state index contributed by atoms with van der Waals surface area (Å²) in [5.74, 6) is -0.249. The Bertz CT molecular complexity index is 1660. The standard InChI is InChI=1S/C30H37FN4O6S/c1-18(2)15-23(36)20(4)35-27(37)26-19(3)28(34-12-7-11-32-34)42-29(26)33(30(35)38)17-25(41-14-8-13-39-5)22-16-21(31)9-10-24(22)40-6/h7,9-12,16,18,20,25H,8,13-15,17H2,1-6H3/t20-,25-/m0/s1. The molecule has 0 unspecified atom stereocenters. The van der Waals surface area contributed by atoms with Crippen molar-refractivity contribution in [2.45, 2.75) is 59.2 Å². The molecule has 0 radical (unpaired) electrons. The molecule has 12 heteroatoms. The first-order valence-electron chi connectivity index (χ1n) is 13.8. The summed E-state index contributed by atoms with van der Waals surface area (Å²) < 4.78 is 35.5. The zero-order valence-corrected chi connectivity index (χ0v) is 25.6. The molecule has 4 rings (SSSR count). The second kappa shape index (κ2) is 13.6. The molecule has 0 amide bonds. The van der Waals surface area contributed by atoms with Gasteiger partial charge in [0.25, 0.3) is 5.56 Å². The van der Waals surface area contributed by atoms with Gasteiger partial charge in [-0.3, -0.25) is 14.2 Å². The topological polar surface area (TPSA) is 107 Å². The molecular weight excluding hydrogens is 563 g/mol. The van der Waals surface area contributed by atoms with Gasteiger partial charge in [0.1, 0.15) is 27.5 Å². The second-order valence-electron chi connectivity index (χ2n) is 10.6. The summed E-state index contributed by atoms with van der Waals surface area (Å²) in [6.07, 6.45) is 3.35. The molecule has 0 spiro atoms. The molecule has 0 saturated carbocycles. The number of ketones is 1. The fourth-order valence-corrected chi connectivity index (χ4v) is 6.22. The summed E-state index contributed by atoms with van der Waals surface area (Å²) in [6, 6.07) is 4.90. The molecule has 1 aromatic carbocycles. The highest BCUT2D eigenvalue weighted by Gasteiger charge is 2.28. The number of thiophene rings is 1. The number of fused-ring (bicyclic) bond motifs is 1. The Morgan fingerprint density at radius 2 is 1.90 bits per heavy atom. The second-order valence-corrected chi connectivity index (χ2v) is 11.5. The molecule has 0 saturated heterocycles. The van der Waals surface area contributed by atoms with E-state index in [2.05, 4.69) is 5.10 Å². The normalized spacial score (nSPS) is 13.1. The van der Waals surface area contributed by atoms with E-state index >= 15 is 0 Å². The minimum Gasteiger partial charge on any atom is -0.496 e. The van der Waals surface area contributed by atoms with E-state index in [0.29, 0.717) is 45.1 Å². The number of hydrogen-bond acceptors (Lipinski definition) is 8. The van der Waals surface area contributed by atoms with Crippen LogP contribution in [0, 0.1) is 18.7 Å². The lowest BCUT2D eigenvalue weighted by Gasteiger charge is -2.23. The number of hydrogen-bond donors (Lipinski definition) is 0. The van der Waals surface area contributed by atoms with Crippen molar-refractivity contribution in [3.63, 3.8) is 0 Å². The lowest BCUT2D eigenvalue weighted by molar-refractivity contribution is -0.122. The van der Waals surface area contributed by atoms with Crippen LogP contribution in [0.1, 0.15) is 56.9 Å². The molecule has 3 heterocycles. The number of aryl methyl sites for hydroxylation is 1. The molecular formula is C30H37FN4O6S. The molecule has 3 aromatic heterocycles. The third kappa shape index (κ3) is 6.40. The molecule has 10 nitrogen and oxygen atoms in total. The number of aromatic nitrogens is 4. The van der Waals surface area contributed by atoms with Crippen LogP contribution in [0.15, 0.2) is 46.2 Å². The van der Waals surface area contributed by atoms with E-state index < -0.39 is 29.2 Å². The number of carbonyl (C=O) groups excluding carboxylic acids is 1. The number of benzene rings is 1. The highest BCUT2D eigenvalue weighted by molar-refractivity contribution is 7.21. The number of carbonyl (C=O) groups is 1. The Morgan fingerprint density at radius 3 is 2.55 bits per heavy atom. The number of ether oxygens (including phenoxy) is 3. The van der Waals surface area contributed by atoms with Gasteiger partial charge in [0, 0.05) is 50.3 Å². The van der Waals surface area contributed by atoms with Crippen LogP contribution >= 0.6 is 11.3 Å².